The SMILES string of the molecule is CCN(CCC#N)C(=O)NC(C)(C)CCC(=O)O. The third kappa shape index (κ3) is 6.74. The summed E-state index contributed by atoms with van der Waals surface area (Å²) in [5.74, 6) is -0.880. The highest BCUT2D eigenvalue weighted by molar-refractivity contribution is 5.75. The van der Waals surface area contributed by atoms with Crippen molar-refractivity contribution < 1.29 is 14.7 Å². The number of carboxylic acid groups (broad SMARTS) is 1. The third-order valence-corrected chi connectivity index (χ3v) is 2.57. The molecule has 0 spiro atoms. The molecule has 0 heterocycles. The Morgan fingerprint density at radius 3 is 2.50 bits per heavy atom. The molecule has 0 aliphatic carbocycles. The molecule has 2 amide bonds. The smallest absolute Gasteiger partial charge is 0.317 e. The number of amides is 2. The van der Waals surface area contributed by atoms with E-state index in [1.165, 1.54) is 4.90 Å². The van der Waals surface area contributed by atoms with Crippen LogP contribution in [0.2, 0.25) is 0 Å². The zero-order valence-electron chi connectivity index (χ0n) is 11.2. The fourth-order valence-corrected chi connectivity index (χ4v) is 1.44. The fraction of sp³-hybridized carbons (Fsp3) is 0.750. The van der Waals surface area contributed by atoms with Gasteiger partial charge in [0.1, 0.15) is 0 Å². The largest absolute Gasteiger partial charge is 0.481 e. The lowest BCUT2D eigenvalue weighted by Gasteiger charge is -2.30. The number of carbonyl (C=O) groups excluding carboxylic acids is 1. The molecular formula is C12H21N3O3. The zero-order chi connectivity index (χ0) is 14.2. The first kappa shape index (κ1) is 16.2. The zero-order valence-corrected chi connectivity index (χ0v) is 11.2. The van der Waals surface area contributed by atoms with Gasteiger partial charge in [0, 0.05) is 25.0 Å². The number of aliphatic carboxylic acids is 1. The number of nitriles is 1. The van der Waals surface area contributed by atoms with Crippen molar-refractivity contribution in [3.8, 4) is 6.07 Å². The molecule has 0 aliphatic rings. The Balaban J connectivity index is 4.33. The number of hydrogen-bond donors (Lipinski definition) is 2. The normalized spacial score (nSPS) is 10.6. The van der Waals surface area contributed by atoms with E-state index in [9.17, 15) is 9.59 Å². The van der Waals surface area contributed by atoms with Crippen LogP contribution in [-0.4, -0.2) is 40.6 Å². The van der Waals surface area contributed by atoms with Gasteiger partial charge in [-0.1, -0.05) is 0 Å². The number of hydrogen-bond acceptors (Lipinski definition) is 3. The maximum absolute atomic E-state index is 11.9. The molecule has 0 fully saturated rings. The van der Waals surface area contributed by atoms with Gasteiger partial charge in [0.05, 0.1) is 12.5 Å². The van der Waals surface area contributed by atoms with E-state index in [1.54, 1.807) is 13.8 Å². The number of carbonyl (C=O) groups is 2. The van der Waals surface area contributed by atoms with Gasteiger partial charge in [0.2, 0.25) is 0 Å². The summed E-state index contributed by atoms with van der Waals surface area (Å²) in [4.78, 5) is 23.9. The van der Waals surface area contributed by atoms with Gasteiger partial charge >= 0.3 is 12.0 Å². The van der Waals surface area contributed by atoms with Gasteiger partial charge in [-0.25, -0.2) is 4.79 Å². The quantitative estimate of drug-likeness (QED) is 0.722. The van der Waals surface area contributed by atoms with E-state index in [2.05, 4.69) is 5.32 Å². The van der Waals surface area contributed by atoms with Crippen molar-refractivity contribution in [3.05, 3.63) is 0 Å². The Morgan fingerprint density at radius 2 is 2.06 bits per heavy atom. The maximum atomic E-state index is 11.9. The van der Waals surface area contributed by atoms with Gasteiger partial charge in [-0.3, -0.25) is 4.79 Å². The molecule has 102 valence electrons. The first-order valence-corrected chi connectivity index (χ1v) is 5.98. The molecule has 6 heteroatoms. The Hall–Kier alpha value is -1.77. The molecule has 0 unspecified atom stereocenters. The summed E-state index contributed by atoms with van der Waals surface area (Å²) in [7, 11) is 0. The van der Waals surface area contributed by atoms with E-state index < -0.39 is 11.5 Å². The Bertz CT molecular complexity index is 334. The van der Waals surface area contributed by atoms with Crippen molar-refractivity contribution in [2.45, 2.75) is 45.6 Å². The van der Waals surface area contributed by atoms with E-state index in [4.69, 9.17) is 10.4 Å². The number of urea groups is 1. The van der Waals surface area contributed by atoms with Gasteiger partial charge in [0.25, 0.3) is 0 Å². The van der Waals surface area contributed by atoms with E-state index >= 15 is 0 Å². The second kappa shape index (κ2) is 7.54. The minimum absolute atomic E-state index is 0.0115. The highest BCUT2D eigenvalue weighted by Gasteiger charge is 2.23. The predicted octanol–water partition coefficient (Wildman–Crippen LogP) is 1.57. The average Bonchev–Trinajstić information content (AvgIpc) is 2.27. The van der Waals surface area contributed by atoms with Crippen LogP contribution in [0.15, 0.2) is 0 Å². The van der Waals surface area contributed by atoms with Crippen molar-refractivity contribution in [2.75, 3.05) is 13.1 Å². The van der Waals surface area contributed by atoms with Crippen LogP contribution in [0.5, 0.6) is 0 Å². The standard InChI is InChI=1S/C12H21N3O3/c1-4-15(9-5-8-13)11(18)14-12(2,3)7-6-10(16)17/h4-7,9H2,1-3H3,(H,14,18)(H,16,17). The highest BCUT2D eigenvalue weighted by Crippen LogP contribution is 2.12. The summed E-state index contributed by atoms with van der Waals surface area (Å²) in [6.45, 7) is 6.30. The van der Waals surface area contributed by atoms with Crippen LogP contribution in [0.1, 0.15) is 40.0 Å². The minimum atomic E-state index is -0.880. The van der Waals surface area contributed by atoms with E-state index in [0.717, 1.165) is 0 Å². The van der Waals surface area contributed by atoms with Crippen LogP contribution in [-0.2, 0) is 4.79 Å². The molecule has 0 aromatic rings. The molecule has 0 saturated heterocycles. The third-order valence-electron chi connectivity index (χ3n) is 2.57. The van der Waals surface area contributed by atoms with Crippen LogP contribution >= 0.6 is 0 Å². The molecular weight excluding hydrogens is 234 g/mol. The number of nitrogens with zero attached hydrogens (tertiary/aromatic N) is 2. The van der Waals surface area contributed by atoms with Gasteiger partial charge in [-0.15, -0.1) is 0 Å². The van der Waals surface area contributed by atoms with Crippen molar-refractivity contribution in [1.82, 2.24) is 10.2 Å². The fourth-order valence-electron chi connectivity index (χ4n) is 1.44. The van der Waals surface area contributed by atoms with E-state index in [-0.39, 0.29) is 18.9 Å². The van der Waals surface area contributed by atoms with Crippen molar-refractivity contribution in [2.24, 2.45) is 0 Å². The molecule has 2 N–H and O–H groups in total. The van der Waals surface area contributed by atoms with Crippen LogP contribution < -0.4 is 5.32 Å². The molecule has 0 radical (unpaired) electrons. The molecule has 0 atom stereocenters. The lowest BCUT2D eigenvalue weighted by atomic mass is 9.99. The van der Waals surface area contributed by atoms with Crippen molar-refractivity contribution >= 4 is 12.0 Å². The molecule has 0 aromatic heterocycles. The second-order valence-corrected chi connectivity index (χ2v) is 4.70. The van der Waals surface area contributed by atoms with E-state index in [0.29, 0.717) is 19.5 Å². The Morgan fingerprint density at radius 1 is 1.44 bits per heavy atom. The Labute approximate surface area is 108 Å². The molecule has 0 bridgehead atoms. The first-order chi connectivity index (χ1) is 8.32. The molecule has 6 nitrogen and oxygen atoms in total. The molecule has 18 heavy (non-hydrogen) atoms. The van der Waals surface area contributed by atoms with Gasteiger partial charge < -0.3 is 15.3 Å². The topological polar surface area (TPSA) is 93.4 Å². The second-order valence-electron chi connectivity index (χ2n) is 4.70. The molecule has 0 aliphatic heterocycles. The minimum Gasteiger partial charge on any atom is -0.481 e. The van der Waals surface area contributed by atoms with Crippen LogP contribution in [0, 0.1) is 11.3 Å². The Kier molecular flexibility index (Phi) is 6.79. The average molecular weight is 255 g/mol. The van der Waals surface area contributed by atoms with E-state index in [1.807, 2.05) is 13.0 Å². The summed E-state index contributed by atoms with van der Waals surface area (Å²) >= 11 is 0. The van der Waals surface area contributed by atoms with Gasteiger partial charge in [-0.2, -0.15) is 5.26 Å². The summed E-state index contributed by atoms with van der Waals surface area (Å²) in [5, 5.41) is 19.9. The van der Waals surface area contributed by atoms with Crippen LogP contribution in [0.3, 0.4) is 0 Å². The number of nitrogens with one attached hydrogen (secondary N) is 1. The molecule has 0 rings (SSSR count). The highest BCUT2D eigenvalue weighted by atomic mass is 16.4. The number of carboxylic acids is 1. The van der Waals surface area contributed by atoms with Crippen molar-refractivity contribution in [1.29, 1.82) is 5.26 Å². The summed E-state index contributed by atoms with van der Waals surface area (Å²) in [6, 6.07) is 1.73. The predicted molar refractivity (Wildman–Crippen MR) is 67.0 cm³/mol. The molecule has 0 aromatic carbocycles. The first-order valence-electron chi connectivity index (χ1n) is 5.98. The van der Waals surface area contributed by atoms with Crippen LogP contribution in [0.4, 0.5) is 4.79 Å². The van der Waals surface area contributed by atoms with Crippen molar-refractivity contribution in [3.63, 3.8) is 0 Å². The van der Waals surface area contributed by atoms with Gasteiger partial charge in [0.15, 0.2) is 0 Å². The number of rotatable bonds is 7. The maximum Gasteiger partial charge on any atom is 0.317 e. The summed E-state index contributed by atoms with van der Waals surface area (Å²) in [6.07, 6.45) is 0.665. The molecule has 0 saturated carbocycles. The summed E-state index contributed by atoms with van der Waals surface area (Å²) in [5.41, 5.74) is -0.574. The summed E-state index contributed by atoms with van der Waals surface area (Å²) < 4.78 is 0. The monoisotopic (exact) mass is 255 g/mol. The van der Waals surface area contributed by atoms with Crippen LogP contribution in [0.25, 0.3) is 0 Å². The lowest BCUT2D eigenvalue weighted by Crippen LogP contribution is -2.50. The van der Waals surface area contributed by atoms with Gasteiger partial charge in [-0.05, 0) is 27.2 Å². The lowest BCUT2D eigenvalue weighted by molar-refractivity contribution is -0.137.